The molecule has 134 valence electrons. The molecule has 0 saturated heterocycles. The van der Waals surface area contributed by atoms with Crippen LogP contribution in [0.5, 0.6) is 0 Å². The van der Waals surface area contributed by atoms with Crippen molar-refractivity contribution >= 4 is 23.0 Å². The topological polar surface area (TPSA) is 31.4 Å². The summed E-state index contributed by atoms with van der Waals surface area (Å²) in [6.07, 6.45) is 3.66. The highest BCUT2D eigenvalue weighted by molar-refractivity contribution is 7.80. The molecule has 0 radical (unpaired) electrons. The van der Waals surface area contributed by atoms with Crippen molar-refractivity contribution in [3.63, 3.8) is 0 Å². The number of hydrogen-bond donors (Lipinski definition) is 1. The van der Waals surface area contributed by atoms with Crippen molar-refractivity contribution in [2.24, 2.45) is 0 Å². The Balaban J connectivity index is 2.19. The van der Waals surface area contributed by atoms with E-state index < -0.39 is 0 Å². The molecule has 0 aliphatic rings. The Bertz CT molecular complexity index is 680. The lowest BCUT2D eigenvalue weighted by atomic mass is 10.1. The zero-order valence-electron chi connectivity index (χ0n) is 15.8. The van der Waals surface area contributed by atoms with Crippen LogP contribution in [-0.4, -0.2) is 47.1 Å². The third-order valence-electron chi connectivity index (χ3n) is 4.18. The van der Waals surface area contributed by atoms with Crippen LogP contribution in [0.15, 0.2) is 42.7 Å². The molecule has 0 aliphatic heterocycles. The molecule has 0 fully saturated rings. The molecule has 0 saturated carbocycles. The summed E-state index contributed by atoms with van der Waals surface area (Å²) in [5.74, 6) is 0. The minimum absolute atomic E-state index is 0.175. The zero-order valence-corrected chi connectivity index (χ0v) is 16.6. The standard InChI is InChI=1S/C20H28N4S/c1-15-12-16(2)14-19(13-15)22-20(25)24(11-10-23(4)5)17(3)18-6-8-21-9-7-18/h6-9,12-14,17H,10-11H2,1-5H3,(H,22,25)/t17-/m0/s1. The Morgan fingerprint density at radius 3 is 2.24 bits per heavy atom. The minimum atomic E-state index is 0.175. The summed E-state index contributed by atoms with van der Waals surface area (Å²) in [5, 5.41) is 4.17. The van der Waals surface area contributed by atoms with Gasteiger partial charge >= 0.3 is 0 Å². The smallest absolute Gasteiger partial charge is 0.173 e. The van der Waals surface area contributed by atoms with Crippen LogP contribution >= 0.6 is 12.2 Å². The van der Waals surface area contributed by atoms with E-state index in [0.717, 1.165) is 23.9 Å². The highest BCUT2D eigenvalue weighted by Gasteiger charge is 2.19. The van der Waals surface area contributed by atoms with E-state index in [9.17, 15) is 0 Å². The number of aryl methyl sites for hydroxylation is 2. The summed E-state index contributed by atoms with van der Waals surface area (Å²) in [6.45, 7) is 8.17. The number of hydrogen-bond acceptors (Lipinski definition) is 3. The number of aromatic nitrogens is 1. The number of pyridine rings is 1. The first-order valence-electron chi connectivity index (χ1n) is 8.57. The van der Waals surface area contributed by atoms with Gasteiger partial charge in [-0.05, 0) is 88.0 Å². The lowest BCUT2D eigenvalue weighted by Gasteiger charge is -2.33. The van der Waals surface area contributed by atoms with Crippen LogP contribution < -0.4 is 5.32 Å². The highest BCUT2D eigenvalue weighted by Crippen LogP contribution is 2.21. The summed E-state index contributed by atoms with van der Waals surface area (Å²) in [5.41, 5.74) is 4.71. The fourth-order valence-corrected chi connectivity index (χ4v) is 3.21. The second-order valence-electron chi connectivity index (χ2n) is 6.76. The van der Waals surface area contributed by atoms with Crippen molar-refractivity contribution in [2.75, 3.05) is 32.5 Å². The molecular formula is C20H28N4S. The van der Waals surface area contributed by atoms with Crippen molar-refractivity contribution in [1.29, 1.82) is 0 Å². The Morgan fingerprint density at radius 1 is 1.08 bits per heavy atom. The van der Waals surface area contributed by atoms with Crippen LogP contribution in [0.2, 0.25) is 0 Å². The monoisotopic (exact) mass is 356 g/mol. The summed E-state index contributed by atoms with van der Waals surface area (Å²) in [6, 6.07) is 10.7. The second kappa shape index (κ2) is 8.92. The minimum Gasteiger partial charge on any atom is -0.341 e. The summed E-state index contributed by atoms with van der Waals surface area (Å²) in [7, 11) is 4.16. The van der Waals surface area contributed by atoms with Gasteiger partial charge in [0.15, 0.2) is 5.11 Å². The molecule has 2 aromatic rings. The third-order valence-corrected chi connectivity index (χ3v) is 4.51. The number of rotatable bonds is 6. The molecule has 2 rings (SSSR count). The normalized spacial score (nSPS) is 12.1. The lowest BCUT2D eigenvalue weighted by molar-refractivity contribution is 0.289. The predicted octanol–water partition coefficient (Wildman–Crippen LogP) is 4.02. The number of thiocarbonyl (C=S) groups is 1. The fraction of sp³-hybridized carbons (Fsp3) is 0.400. The van der Waals surface area contributed by atoms with E-state index in [1.807, 2.05) is 24.5 Å². The van der Waals surface area contributed by atoms with E-state index >= 15 is 0 Å². The second-order valence-corrected chi connectivity index (χ2v) is 7.15. The molecule has 0 spiro atoms. The van der Waals surface area contributed by atoms with E-state index in [-0.39, 0.29) is 6.04 Å². The maximum absolute atomic E-state index is 5.75. The van der Waals surface area contributed by atoms with Crippen LogP contribution in [0.1, 0.15) is 29.7 Å². The van der Waals surface area contributed by atoms with Crippen LogP contribution in [0.3, 0.4) is 0 Å². The van der Waals surface area contributed by atoms with E-state index in [2.05, 4.69) is 73.2 Å². The quantitative estimate of drug-likeness (QED) is 0.790. The molecule has 1 aromatic heterocycles. The zero-order chi connectivity index (χ0) is 18.4. The lowest BCUT2D eigenvalue weighted by Crippen LogP contribution is -2.40. The molecule has 1 aromatic carbocycles. The maximum Gasteiger partial charge on any atom is 0.173 e. The molecule has 1 atom stereocenters. The average molecular weight is 357 g/mol. The molecule has 25 heavy (non-hydrogen) atoms. The van der Waals surface area contributed by atoms with Crippen molar-refractivity contribution in [2.45, 2.75) is 26.8 Å². The van der Waals surface area contributed by atoms with Gasteiger partial charge in [-0.15, -0.1) is 0 Å². The van der Waals surface area contributed by atoms with Gasteiger partial charge < -0.3 is 15.1 Å². The van der Waals surface area contributed by atoms with E-state index in [0.29, 0.717) is 0 Å². The van der Waals surface area contributed by atoms with Gasteiger partial charge in [-0.2, -0.15) is 0 Å². The fourth-order valence-electron chi connectivity index (χ4n) is 2.84. The number of benzene rings is 1. The number of likely N-dealkylation sites (N-methyl/N-ethyl adjacent to an activating group) is 1. The van der Waals surface area contributed by atoms with Crippen LogP contribution in [0.4, 0.5) is 5.69 Å². The van der Waals surface area contributed by atoms with Crippen LogP contribution in [0.25, 0.3) is 0 Å². The molecule has 0 amide bonds. The molecule has 5 heteroatoms. The Kier molecular flexibility index (Phi) is 6.91. The first kappa shape index (κ1) is 19.3. The highest BCUT2D eigenvalue weighted by atomic mass is 32.1. The van der Waals surface area contributed by atoms with Gasteiger partial charge in [0.05, 0.1) is 6.04 Å². The average Bonchev–Trinajstić information content (AvgIpc) is 2.54. The maximum atomic E-state index is 5.75. The van der Waals surface area contributed by atoms with Gasteiger partial charge in [0.25, 0.3) is 0 Å². The van der Waals surface area contributed by atoms with Gasteiger partial charge in [-0.25, -0.2) is 0 Å². The van der Waals surface area contributed by atoms with Crippen molar-refractivity contribution in [3.05, 3.63) is 59.4 Å². The van der Waals surface area contributed by atoms with Crippen LogP contribution in [0, 0.1) is 13.8 Å². The van der Waals surface area contributed by atoms with Gasteiger partial charge in [0.2, 0.25) is 0 Å². The van der Waals surface area contributed by atoms with Gasteiger partial charge in [-0.3, -0.25) is 4.98 Å². The molecule has 1 heterocycles. The van der Waals surface area contributed by atoms with E-state index in [1.165, 1.54) is 16.7 Å². The van der Waals surface area contributed by atoms with Gasteiger partial charge in [-0.1, -0.05) is 6.07 Å². The molecule has 4 nitrogen and oxygen atoms in total. The molecule has 0 bridgehead atoms. The van der Waals surface area contributed by atoms with Gasteiger partial charge in [0, 0.05) is 31.2 Å². The van der Waals surface area contributed by atoms with Crippen LogP contribution in [-0.2, 0) is 0 Å². The van der Waals surface area contributed by atoms with Crippen molar-refractivity contribution < 1.29 is 0 Å². The Hall–Kier alpha value is -1.98. The summed E-state index contributed by atoms with van der Waals surface area (Å²) < 4.78 is 0. The number of anilines is 1. The molecule has 0 aliphatic carbocycles. The van der Waals surface area contributed by atoms with Crippen molar-refractivity contribution in [1.82, 2.24) is 14.8 Å². The van der Waals surface area contributed by atoms with E-state index in [1.54, 1.807) is 0 Å². The number of nitrogens with zero attached hydrogens (tertiary/aromatic N) is 3. The summed E-state index contributed by atoms with van der Waals surface area (Å²) >= 11 is 5.75. The molecule has 1 N–H and O–H groups in total. The molecular weight excluding hydrogens is 328 g/mol. The molecule has 0 unspecified atom stereocenters. The van der Waals surface area contributed by atoms with E-state index in [4.69, 9.17) is 12.2 Å². The SMILES string of the molecule is Cc1cc(C)cc(NC(=S)N(CCN(C)C)[C@@H](C)c2ccncc2)c1. The first-order valence-corrected chi connectivity index (χ1v) is 8.98. The first-order chi connectivity index (χ1) is 11.9. The Labute approximate surface area is 156 Å². The number of nitrogens with one attached hydrogen (secondary N) is 1. The van der Waals surface area contributed by atoms with Gasteiger partial charge in [0.1, 0.15) is 0 Å². The third kappa shape index (κ3) is 5.80. The summed E-state index contributed by atoms with van der Waals surface area (Å²) in [4.78, 5) is 8.53. The Morgan fingerprint density at radius 2 is 1.68 bits per heavy atom. The van der Waals surface area contributed by atoms with Crippen molar-refractivity contribution in [3.8, 4) is 0 Å². The predicted molar refractivity (Wildman–Crippen MR) is 110 cm³/mol. The largest absolute Gasteiger partial charge is 0.341 e.